The van der Waals surface area contributed by atoms with Gasteiger partial charge in [-0.25, -0.2) is 0 Å². The Morgan fingerprint density at radius 3 is 2.44 bits per heavy atom. The molecule has 0 aliphatic rings. The van der Waals surface area contributed by atoms with Gasteiger partial charge in [-0.2, -0.15) is 0 Å². The second-order valence-corrected chi connectivity index (χ2v) is 4.41. The number of amides is 1. The first kappa shape index (κ1) is 14.7. The third-order valence-corrected chi connectivity index (χ3v) is 2.96. The first-order chi connectivity index (χ1) is 8.71. The van der Waals surface area contributed by atoms with E-state index in [-0.39, 0.29) is 18.4 Å². The third-order valence-electron chi connectivity index (χ3n) is 2.96. The second kappa shape index (κ2) is 7.84. The van der Waals surface area contributed by atoms with Crippen molar-refractivity contribution in [3.8, 4) is 0 Å². The smallest absolute Gasteiger partial charge is 0.224 e. The Balaban J connectivity index is 2.45. The summed E-state index contributed by atoms with van der Waals surface area (Å²) in [6, 6.07) is 7.52. The Morgan fingerprint density at radius 1 is 1.33 bits per heavy atom. The summed E-state index contributed by atoms with van der Waals surface area (Å²) in [6.45, 7) is 2.98. The van der Waals surface area contributed by atoms with Crippen LogP contribution >= 0.6 is 0 Å². The van der Waals surface area contributed by atoms with Gasteiger partial charge in [-0.15, -0.1) is 0 Å². The molecule has 1 aromatic carbocycles. The number of benzene rings is 1. The molecule has 4 N–H and O–H groups in total. The van der Waals surface area contributed by atoms with Gasteiger partial charge in [-0.1, -0.05) is 37.6 Å². The molecule has 100 valence electrons. The van der Waals surface area contributed by atoms with Crippen LogP contribution < -0.4 is 11.1 Å². The Labute approximate surface area is 108 Å². The minimum atomic E-state index is -0.0910. The molecule has 0 heterocycles. The average Bonchev–Trinajstić information content (AvgIpc) is 2.42. The first-order valence-electron chi connectivity index (χ1n) is 6.37. The van der Waals surface area contributed by atoms with E-state index in [2.05, 4.69) is 5.32 Å². The highest BCUT2D eigenvalue weighted by Gasteiger charge is 2.14. The highest BCUT2D eigenvalue weighted by molar-refractivity contribution is 5.78. The Morgan fingerprint density at radius 2 is 1.94 bits per heavy atom. The van der Waals surface area contributed by atoms with E-state index < -0.39 is 0 Å². The molecule has 0 fully saturated rings. The van der Waals surface area contributed by atoms with E-state index in [1.165, 1.54) is 0 Å². The molecule has 0 aromatic heterocycles. The summed E-state index contributed by atoms with van der Waals surface area (Å²) in [5, 5.41) is 11.8. The average molecular weight is 250 g/mol. The monoisotopic (exact) mass is 250 g/mol. The fourth-order valence-corrected chi connectivity index (χ4v) is 1.80. The number of carbonyl (C=O) groups excluding carboxylic acids is 1. The standard InChI is InChI=1S/C14H22N2O2/c1-2-3-13(8-15)14(18)16-9-11-4-6-12(10-17)7-5-11/h4-7,13,17H,2-3,8-10,15H2,1H3,(H,16,18). The molecule has 1 aromatic rings. The Hall–Kier alpha value is -1.39. The molecule has 4 heteroatoms. The molecule has 0 radical (unpaired) electrons. The van der Waals surface area contributed by atoms with Gasteiger partial charge in [-0.05, 0) is 17.5 Å². The van der Waals surface area contributed by atoms with Gasteiger partial charge in [0.05, 0.1) is 12.5 Å². The summed E-state index contributed by atoms with van der Waals surface area (Å²) in [5.41, 5.74) is 7.47. The van der Waals surface area contributed by atoms with Crippen LogP contribution in [0.5, 0.6) is 0 Å². The van der Waals surface area contributed by atoms with E-state index in [4.69, 9.17) is 10.8 Å². The van der Waals surface area contributed by atoms with Crippen LogP contribution in [0, 0.1) is 5.92 Å². The van der Waals surface area contributed by atoms with Crippen LogP contribution in [0.25, 0.3) is 0 Å². The highest BCUT2D eigenvalue weighted by Crippen LogP contribution is 2.07. The summed E-state index contributed by atoms with van der Waals surface area (Å²) in [7, 11) is 0. The second-order valence-electron chi connectivity index (χ2n) is 4.41. The van der Waals surface area contributed by atoms with E-state index in [0.717, 1.165) is 24.0 Å². The van der Waals surface area contributed by atoms with Gasteiger partial charge < -0.3 is 16.2 Å². The quantitative estimate of drug-likeness (QED) is 0.680. The van der Waals surface area contributed by atoms with E-state index >= 15 is 0 Å². The zero-order valence-electron chi connectivity index (χ0n) is 10.9. The molecule has 0 spiro atoms. The molecule has 1 atom stereocenters. The molecule has 4 nitrogen and oxygen atoms in total. The normalized spacial score (nSPS) is 12.2. The van der Waals surface area contributed by atoms with Gasteiger partial charge in [0.2, 0.25) is 5.91 Å². The topological polar surface area (TPSA) is 75.4 Å². The van der Waals surface area contributed by atoms with E-state index in [1.54, 1.807) is 0 Å². The Bertz CT molecular complexity index is 363. The van der Waals surface area contributed by atoms with Crippen molar-refractivity contribution >= 4 is 5.91 Å². The molecule has 1 unspecified atom stereocenters. The number of nitrogens with one attached hydrogen (secondary N) is 1. The van der Waals surface area contributed by atoms with Crippen molar-refractivity contribution in [2.75, 3.05) is 6.54 Å². The predicted octanol–water partition coefficient (Wildman–Crippen LogP) is 1.17. The molecule has 1 amide bonds. The van der Waals surface area contributed by atoms with Crippen molar-refractivity contribution in [3.63, 3.8) is 0 Å². The predicted molar refractivity (Wildman–Crippen MR) is 71.7 cm³/mol. The first-order valence-corrected chi connectivity index (χ1v) is 6.37. The van der Waals surface area contributed by atoms with Crippen LogP contribution in [-0.4, -0.2) is 17.6 Å². The number of hydrogen-bond acceptors (Lipinski definition) is 3. The molecule has 0 aliphatic heterocycles. The SMILES string of the molecule is CCCC(CN)C(=O)NCc1ccc(CO)cc1. The molecule has 1 rings (SSSR count). The molecular formula is C14H22N2O2. The number of carbonyl (C=O) groups is 1. The van der Waals surface area contributed by atoms with Crippen LogP contribution in [0.15, 0.2) is 24.3 Å². The van der Waals surface area contributed by atoms with E-state index in [1.807, 2.05) is 31.2 Å². The van der Waals surface area contributed by atoms with Gasteiger partial charge in [0, 0.05) is 13.1 Å². The van der Waals surface area contributed by atoms with Crippen molar-refractivity contribution in [1.29, 1.82) is 0 Å². The van der Waals surface area contributed by atoms with Crippen LogP contribution in [-0.2, 0) is 17.9 Å². The largest absolute Gasteiger partial charge is 0.392 e. The van der Waals surface area contributed by atoms with Crippen molar-refractivity contribution in [2.24, 2.45) is 11.7 Å². The third kappa shape index (κ3) is 4.47. The fourth-order valence-electron chi connectivity index (χ4n) is 1.80. The van der Waals surface area contributed by atoms with Gasteiger partial charge in [0.15, 0.2) is 0 Å². The zero-order valence-corrected chi connectivity index (χ0v) is 10.9. The molecule has 0 aliphatic carbocycles. The lowest BCUT2D eigenvalue weighted by Crippen LogP contribution is -2.34. The maximum Gasteiger partial charge on any atom is 0.224 e. The number of nitrogens with two attached hydrogens (primary N) is 1. The van der Waals surface area contributed by atoms with Gasteiger partial charge in [-0.3, -0.25) is 4.79 Å². The van der Waals surface area contributed by atoms with E-state index in [0.29, 0.717) is 13.1 Å². The number of hydrogen-bond donors (Lipinski definition) is 3. The summed E-state index contributed by atoms with van der Waals surface area (Å²) in [5.74, 6) is -0.0719. The maximum atomic E-state index is 11.8. The lowest BCUT2D eigenvalue weighted by Gasteiger charge is -2.14. The van der Waals surface area contributed by atoms with Crippen molar-refractivity contribution in [2.45, 2.75) is 32.9 Å². The van der Waals surface area contributed by atoms with Gasteiger partial charge in [0.1, 0.15) is 0 Å². The Kier molecular flexibility index (Phi) is 6.39. The van der Waals surface area contributed by atoms with Crippen molar-refractivity contribution in [1.82, 2.24) is 5.32 Å². The van der Waals surface area contributed by atoms with Crippen molar-refractivity contribution < 1.29 is 9.90 Å². The van der Waals surface area contributed by atoms with E-state index in [9.17, 15) is 4.79 Å². The molecule has 18 heavy (non-hydrogen) atoms. The summed E-state index contributed by atoms with van der Waals surface area (Å²) in [4.78, 5) is 11.8. The fraction of sp³-hybridized carbons (Fsp3) is 0.500. The van der Waals surface area contributed by atoms with Crippen molar-refractivity contribution in [3.05, 3.63) is 35.4 Å². The maximum absolute atomic E-state index is 11.8. The molecule has 0 saturated heterocycles. The lowest BCUT2D eigenvalue weighted by atomic mass is 10.0. The highest BCUT2D eigenvalue weighted by atomic mass is 16.3. The number of rotatable bonds is 7. The van der Waals surface area contributed by atoms with Crippen LogP contribution in [0.3, 0.4) is 0 Å². The van der Waals surface area contributed by atoms with Crippen LogP contribution in [0.2, 0.25) is 0 Å². The van der Waals surface area contributed by atoms with Crippen LogP contribution in [0.1, 0.15) is 30.9 Å². The molecule has 0 bridgehead atoms. The van der Waals surface area contributed by atoms with Gasteiger partial charge in [0.25, 0.3) is 0 Å². The molecular weight excluding hydrogens is 228 g/mol. The number of aliphatic hydroxyl groups is 1. The summed E-state index contributed by atoms with van der Waals surface area (Å²) < 4.78 is 0. The summed E-state index contributed by atoms with van der Waals surface area (Å²) >= 11 is 0. The minimum absolute atomic E-state index is 0.0191. The van der Waals surface area contributed by atoms with Gasteiger partial charge >= 0.3 is 0 Å². The zero-order chi connectivity index (χ0) is 13.4. The van der Waals surface area contributed by atoms with Crippen LogP contribution in [0.4, 0.5) is 0 Å². The number of aliphatic hydroxyl groups excluding tert-OH is 1. The molecule has 0 saturated carbocycles. The lowest BCUT2D eigenvalue weighted by molar-refractivity contribution is -0.125. The minimum Gasteiger partial charge on any atom is -0.392 e. The summed E-state index contributed by atoms with van der Waals surface area (Å²) in [6.07, 6.45) is 1.78.